The molecule has 0 N–H and O–H groups in total. The van der Waals surface area contributed by atoms with Gasteiger partial charge in [-0.15, -0.1) is 0 Å². The molecule has 0 spiro atoms. The number of alkyl halides is 3. The van der Waals surface area contributed by atoms with Gasteiger partial charge in [0.05, 0.1) is 11.9 Å². The quantitative estimate of drug-likeness (QED) is 0.686. The van der Waals surface area contributed by atoms with Gasteiger partial charge in [0, 0.05) is 18.9 Å². The van der Waals surface area contributed by atoms with Crippen molar-refractivity contribution in [3.8, 4) is 5.75 Å². The standard InChI is InChI=1S/C18H15F3N2O/c19-18(20,21)16-5-1-15(2-6-16)12-24-17-7-3-14(4-8-17)11-23-10-9-22-13-23/h1-10,13H,11-12H2. The van der Waals surface area contributed by atoms with Gasteiger partial charge in [0.2, 0.25) is 0 Å². The van der Waals surface area contributed by atoms with Gasteiger partial charge < -0.3 is 9.30 Å². The van der Waals surface area contributed by atoms with Gasteiger partial charge >= 0.3 is 6.18 Å². The zero-order valence-corrected chi connectivity index (χ0v) is 12.7. The van der Waals surface area contributed by atoms with Crippen LogP contribution in [0.4, 0.5) is 13.2 Å². The molecule has 1 heterocycles. The molecule has 0 atom stereocenters. The number of imidazole rings is 1. The average Bonchev–Trinajstić information content (AvgIpc) is 3.07. The highest BCUT2D eigenvalue weighted by Gasteiger charge is 2.29. The zero-order chi connectivity index (χ0) is 17.0. The van der Waals surface area contributed by atoms with Crippen molar-refractivity contribution in [1.82, 2.24) is 9.55 Å². The molecule has 6 heteroatoms. The topological polar surface area (TPSA) is 27.1 Å². The third-order valence-corrected chi connectivity index (χ3v) is 3.53. The number of aromatic nitrogens is 2. The van der Waals surface area contributed by atoms with Crippen LogP contribution < -0.4 is 4.74 Å². The van der Waals surface area contributed by atoms with E-state index in [-0.39, 0.29) is 6.61 Å². The molecular weight excluding hydrogens is 317 g/mol. The first kappa shape index (κ1) is 16.1. The molecule has 0 saturated heterocycles. The summed E-state index contributed by atoms with van der Waals surface area (Å²) in [6.45, 7) is 0.943. The lowest BCUT2D eigenvalue weighted by molar-refractivity contribution is -0.137. The number of hydrogen-bond donors (Lipinski definition) is 0. The number of ether oxygens (including phenoxy) is 1. The summed E-state index contributed by atoms with van der Waals surface area (Å²) in [5.74, 6) is 0.671. The van der Waals surface area contributed by atoms with Crippen LogP contribution in [0.3, 0.4) is 0 Å². The predicted octanol–water partition coefficient (Wildman–Crippen LogP) is 4.53. The summed E-state index contributed by atoms with van der Waals surface area (Å²) in [6, 6.07) is 12.6. The largest absolute Gasteiger partial charge is 0.489 e. The summed E-state index contributed by atoms with van der Waals surface area (Å²) in [5.41, 5.74) is 1.13. The summed E-state index contributed by atoms with van der Waals surface area (Å²) < 4.78 is 45.1. The van der Waals surface area contributed by atoms with Crippen LogP contribution in [-0.2, 0) is 19.3 Å². The Kier molecular flexibility index (Phi) is 4.55. The predicted molar refractivity (Wildman–Crippen MR) is 83.5 cm³/mol. The van der Waals surface area contributed by atoms with E-state index in [1.165, 1.54) is 12.1 Å². The number of benzene rings is 2. The summed E-state index contributed by atoms with van der Waals surface area (Å²) in [4.78, 5) is 3.99. The van der Waals surface area contributed by atoms with E-state index in [0.29, 0.717) is 11.3 Å². The maximum Gasteiger partial charge on any atom is 0.416 e. The lowest BCUT2D eigenvalue weighted by atomic mass is 10.1. The van der Waals surface area contributed by atoms with Crippen molar-refractivity contribution in [1.29, 1.82) is 0 Å². The number of halogens is 3. The van der Waals surface area contributed by atoms with E-state index in [9.17, 15) is 13.2 Å². The van der Waals surface area contributed by atoms with Gasteiger partial charge in [0.25, 0.3) is 0 Å². The van der Waals surface area contributed by atoms with Crippen LogP contribution in [0.1, 0.15) is 16.7 Å². The summed E-state index contributed by atoms with van der Waals surface area (Å²) >= 11 is 0. The van der Waals surface area contributed by atoms with Crippen molar-refractivity contribution in [3.05, 3.63) is 83.9 Å². The highest BCUT2D eigenvalue weighted by molar-refractivity contribution is 5.29. The van der Waals surface area contributed by atoms with Crippen LogP contribution in [0.25, 0.3) is 0 Å². The van der Waals surface area contributed by atoms with Crippen LogP contribution in [-0.4, -0.2) is 9.55 Å². The van der Waals surface area contributed by atoms with Crippen LogP contribution in [0.15, 0.2) is 67.3 Å². The second kappa shape index (κ2) is 6.78. The fraction of sp³-hybridized carbons (Fsp3) is 0.167. The molecule has 0 aliphatic heterocycles. The van der Waals surface area contributed by atoms with E-state index in [1.807, 2.05) is 35.0 Å². The molecular formula is C18H15F3N2O. The molecule has 0 aliphatic rings. The first-order valence-corrected chi connectivity index (χ1v) is 7.34. The molecule has 0 saturated carbocycles. The Hall–Kier alpha value is -2.76. The molecule has 0 radical (unpaired) electrons. The molecule has 3 aromatic rings. The molecule has 24 heavy (non-hydrogen) atoms. The molecule has 1 aromatic heterocycles. The van der Waals surface area contributed by atoms with Crippen molar-refractivity contribution >= 4 is 0 Å². The first-order chi connectivity index (χ1) is 11.5. The van der Waals surface area contributed by atoms with Gasteiger partial charge in [-0.1, -0.05) is 24.3 Å². The van der Waals surface area contributed by atoms with Gasteiger partial charge in [0.1, 0.15) is 12.4 Å². The Bertz CT molecular complexity index is 764. The van der Waals surface area contributed by atoms with Gasteiger partial charge in [-0.3, -0.25) is 0 Å². The second-order valence-electron chi connectivity index (χ2n) is 5.36. The highest BCUT2D eigenvalue weighted by Crippen LogP contribution is 2.29. The minimum Gasteiger partial charge on any atom is -0.489 e. The molecule has 0 fully saturated rings. The number of hydrogen-bond acceptors (Lipinski definition) is 2. The Morgan fingerprint density at radius 3 is 2.17 bits per heavy atom. The van der Waals surface area contributed by atoms with E-state index >= 15 is 0 Å². The van der Waals surface area contributed by atoms with E-state index < -0.39 is 11.7 Å². The maximum atomic E-state index is 12.5. The van der Waals surface area contributed by atoms with Crippen LogP contribution in [0, 0.1) is 0 Å². The third kappa shape index (κ3) is 4.16. The summed E-state index contributed by atoms with van der Waals surface area (Å²) in [7, 11) is 0. The Labute approximate surface area is 137 Å². The molecule has 0 bridgehead atoms. The molecule has 3 nitrogen and oxygen atoms in total. The molecule has 0 aliphatic carbocycles. The smallest absolute Gasteiger partial charge is 0.416 e. The Morgan fingerprint density at radius 2 is 1.58 bits per heavy atom. The minimum absolute atomic E-state index is 0.221. The van der Waals surface area contributed by atoms with Crippen molar-refractivity contribution < 1.29 is 17.9 Å². The number of nitrogens with zero attached hydrogens (tertiary/aromatic N) is 2. The lowest BCUT2D eigenvalue weighted by Gasteiger charge is -2.10. The molecule has 3 rings (SSSR count). The monoisotopic (exact) mass is 332 g/mol. The van der Waals surface area contributed by atoms with Crippen LogP contribution >= 0.6 is 0 Å². The number of rotatable bonds is 5. The summed E-state index contributed by atoms with van der Waals surface area (Å²) in [6.07, 6.45) is 1.04. The fourth-order valence-electron chi connectivity index (χ4n) is 2.24. The van der Waals surface area contributed by atoms with Gasteiger partial charge in [-0.05, 0) is 35.4 Å². The SMILES string of the molecule is FC(F)(F)c1ccc(COc2ccc(Cn3ccnc3)cc2)cc1. The van der Waals surface area contributed by atoms with Gasteiger partial charge in [-0.2, -0.15) is 13.2 Å². The molecule has 0 unspecified atom stereocenters. The van der Waals surface area contributed by atoms with Crippen molar-refractivity contribution in [2.45, 2.75) is 19.3 Å². The van der Waals surface area contributed by atoms with Crippen molar-refractivity contribution in [2.75, 3.05) is 0 Å². The van der Waals surface area contributed by atoms with Crippen LogP contribution in [0.2, 0.25) is 0 Å². The first-order valence-electron chi connectivity index (χ1n) is 7.34. The zero-order valence-electron chi connectivity index (χ0n) is 12.7. The Balaban J connectivity index is 1.56. The fourth-order valence-corrected chi connectivity index (χ4v) is 2.24. The van der Waals surface area contributed by atoms with E-state index in [2.05, 4.69) is 4.98 Å². The second-order valence-corrected chi connectivity index (χ2v) is 5.36. The third-order valence-electron chi connectivity index (χ3n) is 3.53. The molecule has 0 amide bonds. The minimum atomic E-state index is -4.32. The lowest BCUT2D eigenvalue weighted by Crippen LogP contribution is -2.05. The Morgan fingerprint density at radius 1 is 0.917 bits per heavy atom. The summed E-state index contributed by atoms with van der Waals surface area (Å²) in [5, 5.41) is 0. The molecule has 2 aromatic carbocycles. The van der Waals surface area contributed by atoms with Crippen LogP contribution in [0.5, 0.6) is 5.75 Å². The highest BCUT2D eigenvalue weighted by atomic mass is 19.4. The molecule has 124 valence electrons. The van der Waals surface area contributed by atoms with E-state index in [0.717, 1.165) is 24.2 Å². The van der Waals surface area contributed by atoms with E-state index in [4.69, 9.17) is 4.74 Å². The normalized spacial score (nSPS) is 11.5. The average molecular weight is 332 g/mol. The van der Waals surface area contributed by atoms with Gasteiger partial charge in [0.15, 0.2) is 0 Å². The maximum absolute atomic E-state index is 12.5. The van der Waals surface area contributed by atoms with Crippen molar-refractivity contribution in [3.63, 3.8) is 0 Å². The van der Waals surface area contributed by atoms with E-state index in [1.54, 1.807) is 12.5 Å². The van der Waals surface area contributed by atoms with Gasteiger partial charge in [-0.25, -0.2) is 4.98 Å². The van der Waals surface area contributed by atoms with Crippen molar-refractivity contribution in [2.24, 2.45) is 0 Å².